The van der Waals surface area contributed by atoms with Gasteiger partial charge >= 0.3 is 0 Å². The zero-order chi connectivity index (χ0) is 64.0. The Hall–Kier alpha value is -10.5. The van der Waals surface area contributed by atoms with E-state index in [4.69, 9.17) is 21.5 Å². The summed E-state index contributed by atoms with van der Waals surface area (Å²) in [6, 6.07) is 88.2. The lowest BCUT2D eigenvalue weighted by Crippen LogP contribution is -2.17. The van der Waals surface area contributed by atoms with Crippen molar-refractivity contribution in [3.05, 3.63) is 276 Å². The molecule has 0 spiro atoms. The monoisotopic (exact) mass is 1190 g/mol. The number of fused-ring (bicyclic) bond motifs is 6. The first-order valence-corrected chi connectivity index (χ1v) is 32.1. The molecule has 14 rings (SSSR count). The minimum atomic E-state index is -0.151. The Kier molecular flexibility index (Phi) is 14.5. The van der Waals surface area contributed by atoms with Crippen LogP contribution in [0.25, 0.3) is 139 Å². The van der Waals surface area contributed by atoms with Gasteiger partial charge in [-0.05, 0) is 174 Å². The summed E-state index contributed by atoms with van der Waals surface area (Å²) in [6.07, 6.45) is 0. The molecule has 11 aromatic carbocycles. The maximum Gasteiger partial charge on any atom is 0.187 e. The lowest BCUT2D eigenvalue weighted by Gasteiger charge is -2.26. The summed E-state index contributed by atoms with van der Waals surface area (Å²) < 4.78 is 4.90. The maximum absolute atomic E-state index is 8.13. The van der Waals surface area contributed by atoms with E-state index in [0.717, 1.165) is 111 Å². The molecule has 0 fully saturated rings. The normalized spacial score (nSPS) is 12.3. The highest BCUT2D eigenvalue weighted by Crippen LogP contribution is 2.46. The molecule has 0 atom stereocenters. The average molecular weight is 1190 g/mol. The van der Waals surface area contributed by atoms with Crippen LogP contribution in [0.2, 0.25) is 0 Å². The molecule has 0 aliphatic carbocycles. The van der Waals surface area contributed by atoms with Crippen molar-refractivity contribution in [2.24, 2.45) is 0 Å². The third-order valence-electron chi connectivity index (χ3n) is 18.4. The van der Waals surface area contributed by atoms with Crippen molar-refractivity contribution in [1.82, 2.24) is 24.1 Å². The molecule has 0 radical (unpaired) electrons. The van der Waals surface area contributed by atoms with E-state index in [2.05, 4.69) is 322 Å². The van der Waals surface area contributed by atoms with E-state index in [-0.39, 0.29) is 21.7 Å². The fraction of sp³-hybridized carbons (Fsp3) is 0.186. The van der Waals surface area contributed by atoms with Gasteiger partial charge in [-0.25, -0.2) is 19.8 Å². The smallest absolute Gasteiger partial charge is 0.187 e. The van der Waals surface area contributed by atoms with Crippen molar-refractivity contribution in [3.63, 3.8) is 0 Å². The zero-order valence-electron chi connectivity index (χ0n) is 54.8. The maximum atomic E-state index is 8.13. The topological polar surface area (TPSA) is 52.9 Å². The largest absolute Gasteiger partial charge is 0.309 e. The molecule has 3 aromatic heterocycles. The third kappa shape index (κ3) is 11.0. The van der Waals surface area contributed by atoms with Gasteiger partial charge < -0.3 is 9.13 Å². The van der Waals surface area contributed by atoms with Gasteiger partial charge in [-0.1, -0.05) is 229 Å². The molecular weight excluding hydrogens is 1120 g/mol. The molecule has 6 nitrogen and oxygen atoms in total. The lowest BCUT2D eigenvalue weighted by molar-refractivity contribution is 0.568. The van der Waals surface area contributed by atoms with E-state index in [1.54, 1.807) is 0 Å². The van der Waals surface area contributed by atoms with Crippen molar-refractivity contribution in [3.8, 4) is 90.0 Å². The van der Waals surface area contributed by atoms with E-state index in [0.29, 0.717) is 23.2 Å². The lowest BCUT2D eigenvalue weighted by atomic mass is 9.79. The van der Waals surface area contributed by atoms with Crippen LogP contribution in [0.3, 0.4) is 0 Å². The fourth-order valence-electron chi connectivity index (χ4n) is 13.1. The minimum Gasteiger partial charge on any atom is -0.309 e. The molecule has 6 heteroatoms. The molecule has 14 aromatic rings. The number of hydrogen-bond acceptors (Lipinski definition) is 3. The van der Waals surface area contributed by atoms with E-state index in [1.165, 1.54) is 27.8 Å². The van der Waals surface area contributed by atoms with Gasteiger partial charge in [0.1, 0.15) is 0 Å². The Morgan fingerprint density at radius 1 is 0.272 bits per heavy atom. The van der Waals surface area contributed by atoms with Crippen LogP contribution >= 0.6 is 0 Å². The minimum absolute atomic E-state index is 0.151. The van der Waals surface area contributed by atoms with Gasteiger partial charge in [0.2, 0.25) is 0 Å². The van der Waals surface area contributed by atoms with Crippen molar-refractivity contribution < 1.29 is 0 Å². The van der Waals surface area contributed by atoms with Crippen LogP contribution in [0.1, 0.15) is 105 Å². The molecule has 3 heterocycles. The van der Waals surface area contributed by atoms with Crippen LogP contribution in [-0.4, -0.2) is 24.1 Å². The Morgan fingerprint density at radius 2 is 0.609 bits per heavy atom. The first kappa shape index (κ1) is 59.2. The Morgan fingerprint density at radius 3 is 1.03 bits per heavy atom. The standard InChI is InChI=1S/C86H76N6/c1-83(2,3)63-43-61(44-64(52-63)84(4,5)6)81-88-80(89-82(90-81)62-45-65(85(7,8)9)53-66(46-62)86(10,11)12)60-38-42-79(92-75-34-23-21-32-69(75)71-49-58(36-40-77(71)92)55-27-18-15-19-28-55)73(51-60)72-50-59(56-29-24-30-67(47-56)87-13)37-41-78(72)91-74-33-22-20-31-68(74)70-48-57(35-39-76(70)91)54-25-16-14-17-26-54/h14-53H,1-12H3. The van der Waals surface area contributed by atoms with Gasteiger partial charge in [0.15, 0.2) is 23.2 Å². The number of hydrogen-bond donors (Lipinski definition) is 0. The van der Waals surface area contributed by atoms with Gasteiger partial charge in [-0.3, -0.25) is 0 Å². The van der Waals surface area contributed by atoms with Crippen molar-refractivity contribution >= 4 is 49.3 Å². The van der Waals surface area contributed by atoms with Crippen molar-refractivity contribution in [2.45, 2.75) is 105 Å². The van der Waals surface area contributed by atoms with E-state index in [1.807, 2.05) is 18.2 Å². The number of rotatable bonds is 9. The first-order valence-electron chi connectivity index (χ1n) is 32.1. The SMILES string of the molecule is [C-]#[N+]c1cccc(-c2ccc(-n3c4ccccc4c4cc(-c5ccccc5)ccc43)c(-c3cc(-c4nc(-c5cc(C(C)(C)C)cc(C(C)(C)C)c5)nc(-c5cc(C(C)(C)C)cc(C(C)(C)C)c5)n4)ccc3-n3c4ccccc4c4cc(-c5ccccc5)ccc43)c2)c1. The Bertz CT molecular complexity index is 5100. The molecule has 0 aliphatic heterocycles. The van der Waals surface area contributed by atoms with Gasteiger partial charge in [-0.15, -0.1) is 0 Å². The Balaban J connectivity index is 1.11. The highest BCUT2D eigenvalue weighted by atomic mass is 15.0. The number of benzene rings is 11. The van der Waals surface area contributed by atoms with Crippen LogP contribution in [0, 0.1) is 6.57 Å². The summed E-state index contributed by atoms with van der Waals surface area (Å²) in [5, 5.41) is 4.63. The molecule has 0 unspecified atom stereocenters. The van der Waals surface area contributed by atoms with E-state index < -0.39 is 0 Å². The summed E-state index contributed by atoms with van der Waals surface area (Å²) in [5.74, 6) is 1.80. The summed E-state index contributed by atoms with van der Waals surface area (Å²) in [4.78, 5) is 20.8. The van der Waals surface area contributed by atoms with Gasteiger partial charge in [0, 0.05) is 49.4 Å². The molecule has 0 amide bonds. The summed E-state index contributed by atoms with van der Waals surface area (Å²) >= 11 is 0. The second-order valence-corrected chi connectivity index (χ2v) is 28.9. The molecule has 92 heavy (non-hydrogen) atoms. The fourth-order valence-corrected chi connectivity index (χ4v) is 13.1. The molecule has 0 bridgehead atoms. The van der Waals surface area contributed by atoms with Gasteiger partial charge in [0.05, 0.1) is 40.0 Å². The third-order valence-corrected chi connectivity index (χ3v) is 18.4. The van der Waals surface area contributed by atoms with Crippen molar-refractivity contribution in [2.75, 3.05) is 0 Å². The quantitative estimate of drug-likeness (QED) is 0.135. The van der Waals surface area contributed by atoms with Crippen molar-refractivity contribution in [1.29, 1.82) is 0 Å². The van der Waals surface area contributed by atoms with Crippen LogP contribution in [0.4, 0.5) is 5.69 Å². The van der Waals surface area contributed by atoms with Crippen LogP contribution < -0.4 is 0 Å². The second-order valence-electron chi connectivity index (χ2n) is 28.9. The van der Waals surface area contributed by atoms with Gasteiger partial charge in [-0.2, -0.15) is 0 Å². The van der Waals surface area contributed by atoms with E-state index >= 15 is 0 Å². The summed E-state index contributed by atoms with van der Waals surface area (Å²) in [7, 11) is 0. The van der Waals surface area contributed by atoms with Crippen LogP contribution in [0.5, 0.6) is 0 Å². The molecular formula is C86H76N6. The van der Waals surface area contributed by atoms with Crippen LogP contribution in [0.15, 0.2) is 243 Å². The molecule has 0 aliphatic rings. The Labute approximate surface area is 541 Å². The summed E-state index contributed by atoms with van der Waals surface area (Å²) in [6.45, 7) is 35.5. The highest BCUT2D eigenvalue weighted by Gasteiger charge is 2.28. The average Bonchev–Trinajstić information content (AvgIpc) is 1.51. The second kappa shape index (κ2) is 22.5. The predicted molar refractivity (Wildman–Crippen MR) is 388 cm³/mol. The molecule has 0 saturated heterocycles. The number of aromatic nitrogens is 5. The van der Waals surface area contributed by atoms with Crippen LogP contribution in [-0.2, 0) is 21.7 Å². The first-order chi connectivity index (χ1) is 44.0. The van der Waals surface area contributed by atoms with Gasteiger partial charge in [0.25, 0.3) is 0 Å². The zero-order valence-corrected chi connectivity index (χ0v) is 54.8. The molecule has 450 valence electrons. The number of nitrogens with zero attached hydrogens (tertiary/aromatic N) is 6. The van der Waals surface area contributed by atoms with E-state index in [9.17, 15) is 0 Å². The molecule has 0 saturated carbocycles. The highest BCUT2D eigenvalue weighted by molar-refractivity contribution is 6.13. The predicted octanol–water partition coefficient (Wildman–Crippen LogP) is 23.5. The number of para-hydroxylation sites is 2. The summed E-state index contributed by atoms with van der Waals surface area (Å²) in [5.41, 5.74) is 22.5. The molecule has 0 N–H and O–H groups in total.